The minimum atomic E-state index is -0.0755. The molecule has 0 spiro atoms. The third-order valence-corrected chi connectivity index (χ3v) is 5.02. The summed E-state index contributed by atoms with van der Waals surface area (Å²) in [6.45, 7) is 8.63. The van der Waals surface area contributed by atoms with Gasteiger partial charge in [-0.3, -0.25) is 9.69 Å². The highest BCUT2D eigenvalue weighted by molar-refractivity contribution is 7.17. The third-order valence-electron chi connectivity index (χ3n) is 3.94. The summed E-state index contributed by atoms with van der Waals surface area (Å²) in [7, 11) is 0. The van der Waals surface area contributed by atoms with Gasteiger partial charge in [0.15, 0.2) is 5.13 Å². The van der Waals surface area contributed by atoms with Gasteiger partial charge in [-0.25, -0.2) is 9.97 Å². The van der Waals surface area contributed by atoms with Crippen molar-refractivity contribution in [1.29, 1.82) is 0 Å². The summed E-state index contributed by atoms with van der Waals surface area (Å²) in [6.07, 6.45) is 0. The van der Waals surface area contributed by atoms with Crippen molar-refractivity contribution in [2.24, 2.45) is 0 Å². The molecule has 3 rings (SSSR count). The summed E-state index contributed by atoms with van der Waals surface area (Å²) < 4.78 is 5.32. The van der Waals surface area contributed by atoms with Crippen LogP contribution >= 0.6 is 11.3 Å². The normalized spacial score (nSPS) is 15.1. The van der Waals surface area contributed by atoms with Gasteiger partial charge in [0.05, 0.1) is 18.9 Å². The zero-order chi connectivity index (χ0) is 17.6. The van der Waals surface area contributed by atoms with Crippen LogP contribution in [0, 0.1) is 13.8 Å². The predicted molar refractivity (Wildman–Crippen MR) is 98.7 cm³/mol. The van der Waals surface area contributed by atoms with E-state index in [9.17, 15) is 4.79 Å². The Bertz CT molecular complexity index is 728. The Morgan fingerprint density at radius 1 is 1.28 bits per heavy atom. The molecule has 0 unspecified atom stereocenters. The summed E-state index contributed by atoms with van der Waals surface area (Å²) in [4.78, 5) is 24.2. The van der Waals surface area contributed by atoms with Crippen LogP contribution in [0.15, 0.2) is 18.2 Å². The summed E-state index contributed by atoms with van der Waals surface area (Å²) in [5, 5.41) is 6.82. The van der Waals surface area contributed by atoms with Crippen molar-refractivity contribution >= 4 is 28.2 Å². The number of aryl methyl sites for hydroxylation is 2. The fourth-order valence-electron chi connectivity index (χ4n) is 2.62. The molecular weight excluding hydrogens is 338 g/mol. The first-order chi connectivity index (χ1) is 12.1. The first kappa shape index (κ1) is 17.8. The van der Waals surface area contributed by atoms with E-state index in [2.05, 4.69) is 25.5 Å². The smallest absolute Gasteiger partial charge is 0.263 e. The number of hydrogen-bond donors (Lipinski definition) is 2. The lowest BCUT2D eigenvalue weighted by atomic mass is 10.3. The van der Waals surface area contributed by atoms with Gasteiger partial charge in [-0.1, -0.05) is 17.4 Å². The van der Waals surface area contributed by atoms with Gasteiger partial charge in [0, 0.05) is 31.9 Å². The molecule has 1 aliphatic heterocycles. The number of ether oxygens (including phenoxy) is 1. The molecule has 0 bridgehead atoms. The van der Waals surface area contributed by atoms with Gasteiger partial charge in [0.1, 0.15) is 10.7 Å². The van der Waals surface area contributed by atoms with Crippen LogP contribution in [-0.4, -0.2) is 60.2 Å². The van der Waals surface area contributed by atoms with E-state index in [1.807, 2.05) is 32.0 Å². The number of thiazole rings is 1. The van der Waals surface area contributed by atoms with Crippen molar-refractivity contribution in [2.75, 3.05) is 44.7 Å². The molecule has 1 aliphatic rings. The largest absolute Gasteiger partial charge is 0.379 e. The number of morpholine rings is 1. The van der Waals surface area contributed by atoms with Crippen LogP contribution in [0.5, 0.6) is 0 Å². The molecule has 1 amide bonds. The molecule has 0 saturated carbocycles. The van der Waals surface area contributed by atoms with Crippen molar-refractivity contribution < 1.29 is 9.53 Å². The Balaban J connectivity index is 1.54. The maximum absolute atomic E-state index is 12.4. The summed E-state index contributed by atoms with van der Waals surface area (Å²) >= 11 is 1.35. The zero-order valence-corrected chi connectivity index (χ0v) is 15.4. The van der Waals surface area contributed by atoms with Crippen LogP contribution in [-0.2, 0) is 4.74 Å². The molecule has 7 nitrogen and oxygen atoms in total. The van der Waals surface area contributed by atoms with Crippen LogP contribution in [0.25, 0.3) is 0 Å². The minimum absolute atomic E-state index is 0.0755. The van der Waals surface area contributed by atoms with E-state index in [1.54, 1.807) is 0 Å². The van der Waals surface area contributed by atoms with Crippen molar-refractivity contribution in [3.8, 4) is 0 Å². The molecular formula is C17H23N5O2S. The van der Waals surface area contributed by atoms with E-state index < -0.39 is 0 Å². The van der Waals surface area contributed by atoms with Crippen LogP contribution in [0.3, 0.4) is 0 Å². The van der Waals surface area contributed by atoms with E-state index in [-0.39, 0.29) is 5.91 Å². The van der Waals surface area contributed by atoms with Crippen LogP contribution < -0.4 is 10.6 Å². The van der Waals surface area contributed by atoms with Gasteiger partial charge < -0.3 is 15.4 Å². The highest BCUT2D eigenvalue weighted by Crippen LogP contribution is 2.25. The second kappa shape index (κ2) is 8.37. The Hall–Kier alpha value is -2.03. The Morgan fingerprint density at radius 2 is 2.08 bits per heavy atom. The summed E-state index contributed by atoms with van der Waals surface area (Å²) in [5.74, 6) is 0.654. The number of nitrogens with zero attached hydrogens (tertiary/aromatic N) is 3. The van der Waals surface area contributed by atoms with Crippen LogP contribution in [0.1, 0.15) is 21.1 Å². The monoisotopic (exact) mass is 361 g/mol. The Kier molecular flexibility index (Phi) is 5.95. The molecule has 2 aromatic rings. The summed E-state index contributed by atoms with van der Waals surface area (Å²) in [6, 6.07) is 5.75. The number of aromatic nitrogens is 2. The second-order valence-electron chi connectivity index (χ2n) is 5.93. The number of hydrogen-bond acceptors (Lipinski definition) is 7. The minimum Gasteiger partial charge on any atom is -0.379 e. The molecule has 0 aromatic carbocycles. The van der Waals surface area contributed by atoms with E-state index in [0.29, 0.717) is 16.6 Å². The van der Waals surface area contributed by atoms with Crippen molar-refractivity contribution in [2.45, 2.75) is 13.8 Å². The topological polar surface area (TPSA) is 79.4 Å². The maximum atomic E-state index is 12.4. The molecule has 1 fully saturated rings. The van der Waals surface area contributed by atoms with Gasteiger partial charge in [-0.2, -0.15) is 0 Å². The Morgan fingerprint density at radius 3 is 2.84 bits per heavy atom. The molecule has 8 heteroatoms. The van der Waals surface area contributed by atoms with Gasteiger partial charge >= 0.3 is 0 Å². The number of rotatable bonds is 6. The van der Waals surface area contributed by atoms with Gasteiger partial charge in [-0.15, -0.1) is 0 Å². The third kappa shape index (κ3) is 4.97. The van der Waals surface area contributed by atoms with E-state index >= 15 is 0 Å². The zero-order valence-electron chi connectivity index (χ0n) is 14.5. The highest BCUT2D eigenvalue weighted by atomic mass is 32.1. The number of carbonyl (C=O) groups excluding carboxylic acids is 1. The van der Waals surface area contributed by atoms with Crippen LogP contribution in [0.2, 0.25) is 0 Å². The highest BCUT2D eigenvalue weighted by Gasteiger charge is 2.16. The average molecular weight is 361 g/mol. The molecule has 3 heterocycles. The van der Waals surface area contributed by atoms with Crippen molar-refractivity contribution in [3.63, 3.8) is 0 Å². The van der Waals surface area contributed by atoms with E-state index in [0.717, 1.165) is 50.1 Å². The standard InChI is InChI=1S/C17H23N5O2S/c1-12-4-3-5-14(19-12)21-17-20-13(2)15(25-17)16(23)18-6-7-22-8-10-24-11-9-22/h3-5H,6-11H2,1-2H3,(H,18,23)(H,19,20,21). The number of pyridine rings is 1. The van der Waals surface area contributed by atoms with Crippen molar-refractivity contribution in [3.05, 3.63) is 34.5 Å². The maximum Gasteiger partial charge on any atom is 0.263 e. The lowest BCUT2D eigenvalue weighted by Gasteiger charge is -2.26. The second-order valence-corrected chi connectivity index (χ2v) is 6.93. The molecule has 0 atom stereocenters. The fraction of sp³-hybridized carbons (Fsp3) is 0.471. The lowest BCUT2D eigenvalue weighted by Crippen LogP contribution is -2.41. The predicted octanol–water partition coefficient (Wildman–Crippen LogP) is 1.96. The van der Waals surface area contributed by atoms with Crippen LogP contribution in [0.4, 0.5) is 10.9 Å². The average Bonchev–Trinajstić information content (AvgIpc) is 2.96. The van der Waals surface area contributed by atoms with E-state index in [4.69, 9.17) is 4.74 Å². The first-order valence-electron chi connectivity index (χ1n) is 8.38. The molecule has 1 saturated heterocycles. The molecule has 0 aliphatic carbocycles. The quantitative estimate of drug-likeness (QED) is 0.819. The molecule has 2 aromatic heterocycles. The van der Waals surface area contributed by atoms with Gasteiger partial charge in [0.25, 0.3) is 5.91 Å². The SMILES string of the molecule is Cc1cccc(Nc2nc(C)c(C(=O)NCCN3CCOCC3)s2)n1. The number of amides is 1. The number of nitrogens with one attached hydrogen (secondary N) is 2. The van der Waals surface area contributed by atoms with Crippen molar-refractivity contribution in [1.82, 2.24) is 20.2 Å². The molecule has 2 N–H and O–H groups in total. The number of anilines is 2. The van der Waals surface area contributed by atoms with Gasteiger partial charge in [-0.05, 0) is 26.0 Å². The van der Waals surface area contributed by atoms with E-state index in [1.165, 1.54) is 11.3 Å². The molecule has 0 radical (unpaired) electrons. The summed E-state index contributed by atoms with van der Waals surface area (Å²) in [5.41, 5.74) is 1.66. The molecule has 25 heavy (non-hydrogen) atoms. The Labute approximate surface area is 151 Å². The number of carbonyl (C=O) groups is 1. The van der Waals surface area contributed by atoms with Gasteiger partial charge in [0.2, 0.25) is 0 Å². The fourth-order valence-corrected chi connectivity index (χ4v) is 3.51. The first-order valence-corrected chi connectivity index (χ1v) is 9.20. The molecule has 134 valence electrons. The lowest BCUT2D eigenvalue weighted by molar-refractivity contribution is 0.0383.